The molecule has 0 N–H and O–H groups in total. The van der Waals surface area contributed by atoms with E-state index in [9.17, 15) is 9.90 Å². The average Bonchev–Trinajstić information content (AvgIpc) is 2.64. The second-order valence-corrected chi connectivity index (χ2v) is 5.01. The van der Waals surface area contributed by atoms with Crippen LogP contribution in [0.2, 0.25) is 0 Å². The first-order chi connectivity index (χ1) is 8.00. The third kappa shape index (κ3) is 2.08. The zero-order chi connectivity index (χ0) is 12.6. The highest BCUT2D eigenvalue weighted by Gasteiger charge is 2.21. The van der Waals surface area contributed by atoms with E-state index in [2.05, 4.69) is 0 Å². The summed E-state index contributed by atoms with van der Waals surface area (Å²) >= 11 is 1.18. The minimum atomic E-state index is -1.14. The summed E-state index contributed by atoms with van der Waals surface area (Å²) in [7, 11) is 0. The molecule has 1 heterocycles. The Labute approximate surface area is 104 Å². The van der Waals surface area contributed by atoms with E-state index in [-0.39, 0.29) is 5.01 Å². The average molecular weight is 247 g/mol. The Kier molecular flexibility index (Phi) is 2.98. The van der Waals surface area contributed by atoms with Crippen molar-refractivity contribution in [3.63, 3.8) is 0 Å². The van der Waals surface area contributed by atoms with Gasteiger partial charge in [-0.25, -0.2) is 0 Å². The van der Waals surface area contributed by atoms with Gasteiger partial charge < -0.3 is 9.90 Å². The maximum atomic E-state index is 11.0. The molecule has 0 bridgehead atoms. The van der Waals surface area contributed by atoms with Crippen molar-refractivity contribution in [2.75, 3.05) is 0 Å². The number of carboxylic acids is 1. The number of nitrogens with zero attached hydrogens (tertiary/aromatic N) is 1. The van der Waals surface area contributed by atoms with Gasteiger partial charge in [0.2, 0.25) is 5.69 Å². The second-order valence-electron chi connectivity index (χ2n) is 4.11. The van der Waals surface area contributed by atoms with Crippen molar-refractivity contribution >= 4 is 17.3 Å². The minimum Gasteiger partial charge on any atom is -0.539 e. The molecule has 4 heteroatoms. The van der Waals surface area contributed by atoms with Crippen LogP contribution in [-0.4, -0.2) is 5.97 Å². The highest BCUT2D eigenvalue weighted by molar-refractivity contribution is 7.11. The molecule has 0 saturated carbocycles. The number of thiazole rings is 1. The molecule has 2 rings (SSSR count). The fraction of sp³-hybridized carbons (Fsp3) is 0.231. The number of carboxylic acid groups (broad SMARTS) is 1. The van der Waals surface area contributed by atoms with Gasteiger partial charge >= 0.3 is 0 Å². The number of hydrogen-bond donors (Lipinski definition) is 0. The molecule has 0 spiro atoms. The summed E-state index contributed by atoms with van der Waals surface area (Å²) in [6, 6.07) is 4.10. The van der Waals surface area contributed by atoms with Crippen LogP contribution in [-0.2, 0) is 0 Å². The summed E-state index contributed by atoms with van der Waals surface area (Å²) in [5, 5.41) is 13.0. The van der Waals surface area contributed by atoms with Crippen LogP contribution in [0.4, 0.5) is 0 Å². The van der Waals surface area contributed by atoms with Crippen LogP contribution in [0.5, 0.6) is 0 Å². The van der Waals surface area contributed by atoms with Crippen LogP contribution in [0, 0.1) is 20.8 Å². The third-order valence-corrected chi connectivity index (χ3v) is 3.50. The molecular formula is C13H13NO2S. The first-order valence-electron chi connectivity index (χ1n) is 5.29. The van der Waals surface area contributed by atoms with Crippen LogP contribution >= 0.6 is 11.3 Å². The summed E-state index contributed by atoms with van der Waals surface area (Å²) in [6.07, 6.45) is 1.76. The van der Waals surface area contributed by atoms with Gasteiger partial charge in [-0.1, -0.05) is 16.9 Å². The van der Waals surface area contributed by atoms with E-state index in [1.807, 2.05) is 32.9 Å². The fourth-order valence-corrected chi connectivity index (χ4v) is 2.83. The van der Waals surface area contributed by atoms with Gasteiger partial charge in [-0.05, 0) is 32.9 Å². The molecule has 2 aromatic rings. The Morgan fingerprint density at radius 1 is 1.24 bits per heavy atom. The summed E-state index contributed by atoms with van der Waals surface area (Å²) in [5.74, 6) is -1.14. The second kappa shape index (κ2) is 4.30. The van der Waals surface area contributed by atoms with Gasteiger partial charge in [0.25, 0.3) is 5.01 Å². The van der Waals surface area contributed by atoms with Gasteiger partial charge in [0.1, 0.15) is 0 Å². The molecule has 88 valence electrons. The van der Waals surface area contributed by atoms with Crippen molar-refractivity contribution in [2.24, 2.45) is 0 Å². The van der Waals surface area contributed by atoms with Crippen molar-refractivity contribution < 1.29 is 14.5 Å². The quantitative estimate of drug-likeness (QED) is 0.751. The molecule has 0 aliphatic carbocycles. The molecule has 0 aliphatic heterocycles. The van der Waals surface area contributed by atoms with E-state index in [1.165, 1.54) is 16.9 Å². The number of carbonyl (C=O) groups excluding carboxylic acids is 1. The Hall–Kier alpha value is -1.68. The Morgan fingerprint density at radius 2 is 1.82 bits per heavy atom. The van der Waals surface area contributed by atoms with Crippen LogP contribution in [0.25, 0.3) is 5.69 Å². The number of carbonyl (C=O) groups is 1. The molecule has 1 aromatic carbocycles. The zero-order valence-corrected chi connectivity index (χ0v) is 10.8. The molecule has 0 unspecified atom stereocenters. The molecule has 3 nitrogen and oxygen atoms in total. The normalized spacial score (nSPS) is 10.5. The van der Waals surface area contributed by atoms with E-state index in [1.54, 1.807) is 16.1 Å². The smallest absolute Gasteiger partial charge is 0.290 e. The van der Waals surface area contributed by atoms with E-state index in [0.29, 0.717) is 0 Å². The number of rotatable bonds is 2. The lowest BCUT2D eigenvalue weighted by molar-refractivity contribution is -0.596. The van der Waals surface area contributed by atoms with E-state index < -0.39 is 5.97 Å². The predicted molar refractivity (Wildman–Crippen MR) is 64.4 cm³/mol. The first kappa shape index (κ1) is 11.8. The molecule has 0 radical (unpaired) electrons. The molecule has 17 heavy (non-hydrogen) atoms. The van der Waals surface area contributed by atoms with Crippen LogP contribution in [0.15, 0.2) is 23.7 Å². The largest absolute Gasteiger partial charge is 0.539 e. The number of aromatic carboxylic acids is 1. The Balaban J connectivity index is 2.69. The highest BCUT2D eigenvalue weighted by atomic mass is 32.1. The van der Waals surface area contributed by atoms with Gasteiger partial charge in [0.05, 0.1) is 5.38 Å². The first-order valence-corrected chi connectivity index (χ1v) is 6.17. The summed E-state index contributed by atoms with van der Waals surface area (Å²) < 4.78 is 1.68. The molecule has 0 aliphatic rings. The number of benzene rings is 1. The van der Waals surface area contributed by atoms with Crippen molar-refractivity contribution in [1.82, 2.24) is 0 Å². The molecule has 0 amide bonds. The number of hydrogen-bond acceptors (Lipinski definition) is 3. The number of aromatic nitrogens is 1. The summed E-state index contributed by atoms with van der Waals surface area (Å²) in [5.41, 5.74) is 4.23. The van der Waals surface area contributed by atoms with Gasteiger partial charge in [0, 0.05) is 11.1 Å². The van der Waals surface area contributed by atoms with Crippen LogP contribution < -0.4 is 9.67 Å². The van der Waals surface area contributed by atoms with Gasteiger partial charge in [-0.15, -0.1) is 4.57 Å². The topological polar surface area (TPSA) is 44.0 Å². The molecule has 0 saturated heterocycles. The standard InChI is InChI=1S/C13H13NO2S/c1-8-6-9(2)11(10(3)7-8)14-4-5-17-12(14)13(15)16/h4-7H,1-3H3. The van der Waals surface area contributed by atoms with E-state index >= 15 is 0 Å². The maximum absolute atomic E-state index is 11.0. The van der Waals surface area contributed by atoms with Gasteiger partial charge in [0.15, 0.2) is 12.2 Å². The van der Waals surface area contributed by atoms with Crippen molar-refractivity contribution in [2.45, 2.75) is 20.8 Å². The van der Waals surface area contributed by atoms with Crippen molar-refractivity contribution in [3.05, 3.63) is 45.4 Å². The Morgan fingerprint density at radius 3 is 2.35 bits per heavy atom. The Bertz CT molecular complexity index is 564. The van der Waals surface area contributed by atoms with Crippen LogP contribution in [0.1, 0.15) is 26.5 Å². The monoisotopic (exact) mass is 247 g/mol. The summed E-state index contributed by atoms with van der Waals surface area (Å²) in [4.78, 5) is 11.0. The van der Waals surface area contributed by atoms with Crippen molar-refractivity contribution in [1.29, 1.82) is 0 Å². The SMILES string of the molecule is Cc1cc(C)c(-[n+]2ccsc2C(=O)[O-])c(C)c1. The molecule has 0 atom stereocenters. The molecule has 0 fully saturated rings. The van der Waals surface area contributed by atoms with Gasteiger partial charge in [-0.2, -0.15) is 0 Å². The lowest BCUT2D eigenvalue weighted by Gasteiger charge is -2.06. The van der Waals surface area contributed by atoms with Gasteiger partial charge in [-0.3, -0.25) is 0 Å². The lowest BCUT2D eigenvalue weighted by atomic mass is 10.0. The van der Waals surface area contributed by atoms with Crippen LogP contribution in [0.3, 0.4) is 0 Å². The molecular weight excluding hydrogens is 234 g/mol. The highest BCUT2D eigenvalue weighted by Crippen LogP contribution is 2.18. The number of aryl methyl sites for hydroxylation is 3. The molecule has 1 aromatic heterocycles. The minimum absolute atomic E-state index is 0.222. The third-order valence-electron chi connectivity index (χ3n) is 2.66. The lowest BCUT2D eigenvalue weighted by Crippen LogP contribution is -2.41. The van der Waals surface area contributed by atoms with E-state index in [0.717, 1.165) is 16.8 Å². The van der Waals surface area contributed by atoms with E-state index in [4.69, 9.17) is 0 Å². The maximum Gasteiger partial charge on any atom is 0.290 e. The zero-order valence-electron chi connectivity index (χ0n) is 9.98. The summed E-state index contributed by atoms with van der Waals surface area (Å²) in [6.45, 7) is 6.00. The van der Waals surface area contributed by atoms with Crippen molar-refractivity contribution in [3.8, 4) is 5.69 Å². The predicted octanol–water partition coefficient (Wildman–Crippen LogP) is 1.31. The fourth-order valence-electron chi connectivity index (χ4n) is 2.16.